The van der Waals surface area contributed by atoms with E-state index in [0.29, 0.717) is 5.56 Å². The third-order valence-corrected chi connectivity index (χ3v) is 6.90. The first-order chi connectivity index (χ1) is 6.69. The zero-order valence-electron chi connectivity index (χ0n) is 7.93. The van der Waals surface area contributed by atoms with Crippen LogP contribution in [0.1, 0.15) is 10.4 Å². The van der Waals surface area contributed by atoms with Gasteiger partial charge in [0.05, 0.1) is 22.4 Å². The fourth-order valence-electron chi connectivity index (χ4n) is 1.04. The largest absolute Gasteiger partial charge is 0.465 e. The minimum absolute atomic E-state index is 0.242. The van der Waals surface area contributed by atoms with E-state index in [-0.39, 0.29) is 5.97 Å². The Hall–Kier alpha value is -0.179. The Labute approximate surface area is 98.0 Å². The highest BCUT2D eigenvalue weighted by Gasteiger charge is 2.09. The van der Waals surface area contributed by atoms with E-state index in [2.05, 4.69) is 15.9 Å². The summed E-state index contributed by atoms with van der Waals surface area (Å²) in [7, 11) is 4.32. The van der Waals surface area contributed by atoms with Gasteiger partial charge in [0.25, 0.3) is 0 Å². The second-order valence-electron chi connectivity index (χ2n) is 2.56. The summed E-state index contributed by atoms with van der Waals surface area (Å²) in [4.78, 5) is 11.4. The molecule has 14 heavy (non-hydrogen) atoms. The van der Waals surface area contributed by atoms with E-state index in [1.54, 1.807) is 0 Å². The number of rotatable bonds is 1. The van der Waals surface area contributed by atoms with Crippen molar-refractivity contribution in [1.29, 1.82) is 0 Å². The van der Waals surface area contributed by atoms with Crippen LogP contribution >= 0.6 is 15.9 Å². The fraction of sp³-hybridized carbons (Fsp3) is 0.125. The zero-order chi connectivity index (χ0) is 10.6. The van der Waals surface area contributed by atoms with E-state index in [1.807, 2.05) is 18.2 Å². The number of hydrogen-bond acceptors (Lipinski definition) is 2. The number of ether oxygens (including phenoxy) is 1. The molecule has 0 N–H and O–H groups in total. The molecular weight excluding hydrogens is 292 g/mol. The van der Waals surface area contributed by atoms with Crippen molar-refractivity contribution in [2.75, 3.05) is 7.11 Å². The van der Waals surface area contributed by atoms with Gasteiger partial charge in [0, 0.05) is 9.66 Å². The van der Waals surface area contributed by atoms with Crippen molar-refractivity contribution in [3.8, 4) is 0 Å². The van der Waals surface area contributed by atoms with Gasteiger partial charge in [-0.3, -0.25) is 0 Å². The van der Waals surface area contributed by atoms with E-state index >= 15 is 0 Å². The van der Waals surface area contributed by atoms with E-state index in [4.69, 9.17) is 4.74 Å². The van der Waals surface area contributed by atoms with Crippen molar-refractivity contribution in [2.45, 2.75) is 0 Å². The van der Waals surface area contributed by atoms with E-state index in [0.717, 1.165) is 26.0 Å². The van der Waals surface area contributed by atoms with Gasteiger partial charge in [0.15, 0.2) is 0 Å². The topological polar surface area (TPSA) is 26.3 Å². The molecule has 0 saturated heterocycles. The third-order valence-electron chi connectivity index (χ3n) is 1.65. The molecule has 0 heterocycles. The lowest BCUT2D eigenvalue weighted by molar-refractivity contribution is 0.0602. The second kappa shape index (κ2) is 5.64. The van der Waals surface area contributed by atoms with Crippen LogP contribution in [0.25, 0.3) is 0 Å². The number of benzene rings is 1. The van der Waals surface area contributed by atoms with Crippen LogP contribution in [0.3, 0.4) is 0 Å². The maximum atomic E-state index is 11.4. The molecule has 0 bridgehead atoms. The molecule has 1 rings (SSSR count). The number of carbonyl (C=O) groups is 1. The Morgan fingerprint density at radius 2 is 2.29 bits per heavy atom. The minimum Gasteiger partial charge on any atom is -0.465 e. The maximum absolute atomic E-state index is 11.4. The number of hydrogen-bond donors (Lipinski definition) is 0. The van der Waals surface area contributed by atoms with Crippen molar-refractivity contribution in [3.63, 3.8) is 0 Å². The summed E-state index contributed by atoms with van der Waals surface area (Å²) in [6.45, 7) is 0. The molecule has 0 unspecified atom stereocenters. The van der Waals surface area contributed by atoms with Crippen LogP contribution in [0.4, 0.5) is 0 Å². The van der Waals surface area contributed by atoms with E-state index in [9.17, 15) is 4.79 Å². The first-order valence-corrected chi connectivity index (χ1v) is 11.3. The van der Waals surface area contributed by atoms with Gasteiger partial charge >= 0.3 is 5.97 Å². The first kappa shape index (κ1) is 11.9. The van der Waals surface area contributed by atoms with Gasteiger partial charge in [0.1, 0.15) is 0 Å². The summed E-state index contributed by atoms with van der Waals surface area (Å²) in [6, 6.07) is 5.80. The molecule has 1 aromatic carbocycles. The molecule has 72 valence electrons. The van der Waals surface area contributed by atoms with Crippen LogP contribution in [0, 0.1) is 0 Å². The number of carbonyl (C=O) groups excluding carboxylic acids is 1. The number of methoxy groups -OCH3 is 1. The Morgan fingerprint density at radius 1 is 1.57 bits per heavy atom. The molecule has 0 aliphatic carbocycles. The molecule has 0 aliphatic heterocycles. The average molecular weight is 301 g/mol. The fourth-order valence-corrected chi connectivity index (χ4v) is 6.03. The van der Waals surface area contributed by atoms with Crippen molar-refractivity contribution in [3.05, 3.63) is 28.2 Å². The molecule has 0 aromatic heterocycles. The molecule has 0 fully saturated rings. The van der Waals surface area contributed by atoms with Crippen LogP contribution in [-0.2, 0) is 4.74 Å². The Morgan fingerprint density at radius 3 is 2.86 bits per heavy atom. The smallest absolute Gasteiger partial charge is 0.338 e. The Kier molecular flexibility index (Phi) is 4.79. The highest BCUT2D eigenvalue weighted by Crippen LogP contribution is 2.10. The molecule has 0 radical (unpaired) electrons. The minimum atomic E-state index is -0.242. The predicted molar refractivity (Wildman–Crippen MR) is 66.6 cm³/mol. The van der Waals surface area contributed by atoms with Crippen LogP contribution in [0.2, 0.25) is 0 Å². The first-order valence-electron chi connectivity index (χ1n) is 3.99. The molecule has 0 aliphatic rings. The molecule has 2 nitrogen and oxygen atoms in total. The summed E-state index contributed by atoms with van der Waals surface area (Å²) in [5.74, 6) is -0.242. The van der Waals surface area contributed by atoms with Crippen molar-refractivity contribution in [2.24, 2.45) is 0 Å². The second-order valence-corrected chi connectivity index (χ2v) is 11.5. The Bertz CT molecular complexity index is 422. The van der Waals surface area contributed by atoms with E-state index in [1.165, 1.54) is 16.9 Å². The lowest BCUT2D eigenvalue weighted by Gasteiger charge is -2.03. The van der Waals surface area contributed by atoms with Gasteiger partial charge < -0.3 is 4.74 Å². The van der Waals surface area contributed by atoms with Gasteiger partial charge in [-0.15, -0.1) is 0 Å². The molecule has 0 atom stereocenters. The molecular formula is C8H9BrO2Si3. The summed E-state index contributed by atoms with van der Waals surface area (Å²) in [5, 5.41) is 1.12. The van der Waals surface area contributed by atoms with Gasteiger partial charge in [0.2, 0.25) is 0 Å². The van der Waals surface area contributed by atoms with Crippen LogP contribution in [0.15, 0.2) is 22.7 Å². The van der Waals surface area contributed by atoms with E-state index < -0.39 is 0 Å². The van der Waals surface area contributed by atoms with Crippen molar-refractivity contribution < 1.29 is 9.53 Å². The Balaban J connectivity index is 3.27. The monoisotopic (exact) mass is 300 g/mol. The summed E-state index contributed by atoms with van der Waals surface area (Å²) < 4.78 is 5.66. The maximum Gasteiger partial charge on any atom is 0.338 e. The standard InChI is InChI=1S/C8H9BrO2Si3/c1-11-8(10)6-4-5(9)2-3-7(6)13-14-12/h2-4H,1,12H3. The quantitative estimate of drug-likeness (QED) is 0.515. The van der Waals surface area contributed by atoms with Crippen molar-refractivity contribution in [1.82, 2.24) is 0 Å². The third kappa shape index (κ3) is 2.91. The van der Waals surface area contributed by atoms with Gasteiger partial charge in [-0.25, -0.2) is 4.79 Å². The predicted octanol–water partition coefficient (Wildman–Crippen LogP) is -0.535. The zero-order valence-corrected chi connectivity index (χ0v) is 13.5. The molecule has 0 saturated carbocycles. The number of esters is 1. The average Bonchev–Trinajstić information content (AvgIpc) is 2.20. The van der Waals surface area contributed by atoms with Crippen LogP contribution in [0.5, 0.6) is 0 Å². The highest BCUT2D eigenvalue weighted by atomic mass is 79.9. The summed E-state index contributed by atoms with van der Waals surface area (Å²) in [6.07, 6.45) is 0. The molecule has 0 amide bonds. The van der Waals surface area contributed by atoms with Gasteiger partial charge in [-0.05, 0) is 20.5 Å². The summed E-state index contributed by atoms with van der Waals surface area (Å²) >= 11 is 3.35. The molecule has 0 spiro atoms. The lowest BCUT2D eigenvalue weighted by Crippen LogP contribution is -2.19. The number of halogens is 1. The highest BCUT2D eigenvalue weighted by molar-refractivity contribution is 9.10. The molecule has 6 heteroatoms. The lowest BCUT2D eigenvalue weighted by atomic mass is 10.2. The molecule has 1 aromatic rings. The van der Waals surface area contributed by atoms with Gasteiger partial charge in [-0.2, -0.15) is 0 Å². The normalized spacial score (nSPS) is 9.00. The SMILES string of the molecule is COC(=O)c1cc(Br)ccc1[Si]#[Si][SiH3]. The van der Waals surface area contributed by atoms with Crippen LogP contribution < -0.4 is 5.19 Å². The summed E-state index contributed by atoms with van der Waals surface area (Å²) in [5.41, 5.74) is 0.698. The van der Waals surface area contributed by atoms with Gasteiger partial charge in [-0.1, -0.05) is 29.9 Å². The van der Waals surface area contributed by atoms with Crippen molar-refractivity contribution >= 4 is 53.2 Å². The van der Waals surface area contributed by atoms with Crippen LogP contribution in [-0.4, -0.2) is 39.2 Å².